The Morgan fingerprint density at radius 1 is 1.09 bits per heavy atom. The minimum absolute atomic E-state index is 0.277. The van der Waals surface area contributed by atoms with Crippen molar-refractivity contribution < 1.29 is 9.18 Å². The smallest absolute Gasteiger partial charge is 0.306 e. The number of nitrogens with zero attached hydrogens (tertiary/aromatic N) is 5. The van der Waals surface area contributed by atoms with Gasteiger partial charge in [-0.15, -0.1) is 0 Å². The van der Waals surface area contributed by atoms with E-state index in [1.54, 1.807) is 47.4 Å². The lowest BCUT2D eigenvalue weighted by molar-refractivity contribution is 0.200. The molecule has 0 aliphatic carbocycles. The minimum atomic E-state index is -0.371. The molecule has 0 radical (unpaired) electrons. The summed E-state index contributed by atoms with van der Waals surface area (Å²) in [7, 11) is 0. The third-order valence-electron chi connectivity index (χ3n) is 5.02. The van der Waals surface area contributed by atoms with Gasteiger partial charge >= 0.3 is 6.03 Å². The molecule has 1 aliphatic rings. The van der Waals surface area contributed by atoms with E-state index in [2.05, 4.69) is 32.3 Å². The highest BCUT2D eigenvalue weighted by atomic mass is 19.1. The molecule has 5 rings (SSSR count). The number of carbonyl (C=O) groups is 1. The number of amides is 2. The molecular formula is C24H17FN6O. The number of carbonyl (C=O) groups excluding carboxylic acids is 1. The number of hydrazone groups is 1. The highest BCUT2D eigenvalue weighted by Crippen LogP contribution is 2.29. The van der Waals surface area contributed by atoms with Crippen molar-refractivity contribution >= 4 is 23.6 Å². The van der Waals surface area contributed by atoms with Crippen molar-refractivity contribution in [2.24, 2.45) is 5.10 Å². The molecule has 0 bridgehead atoms. The number of halogens is 1. The first-order valence-electron chi connectivity index (χ1n) is 9.96. The van der Waals surface area contributed by atoms with E-state index in [1.165, 1.54) is 17.1 Å². The van der Waals surface area contributed by atoms with Gasteiger partial charge in [-0.25, -0.2) is 23.7 Å². The van der Waals surface area contributed by atoms with Crippen LogP contribution in [0, 0.1) is 17.7 Å². The van der Waals surface area contributed by atoms with Crippen LogP contribution in [0.25, 0.3) is 5.65 Å². The standard InChI is InChI=1S/C24H17FN6O/c25-19-9-7-18(8-10-19)22-12-14-28-31(22)24(32)29-20-4-1-3-17(15-20)6-11-21-16-26-23-5-2-13-27-30(21)23/h1-5,7-10,13-16,22H,12H2,(H,29,32)/t22-/m1/s1. The Hall–Kier alpha value is -4.51. The second-order valence-electron chi connectivity index (χ2n) is 7.14. The van der Waals surface area contributed by atoms with E-state index in [-0.39, 0.29) is 17.9 Å². The van der Waals surface area contributed by atoms with Gasteiger partial charge in [0.05, 0.1) is 12.2 Å². The van der Waals surface area contributed by atoms with Crippen LogP contribution in [0.4, 0.5) is 14.9 Å². The molecule has 0 fully saturated rings. The lowest BCUT2D eigenvalue weighted by Gasteiger charge is -2.22. The molecule has 1 atom stereocenters. The molecule has 156 valence electrons. The van der Waals surface area contributed by atoms with Crippen molar-refractivity contribution in [3.8, 4) is 11.8 Å². The summed E-state index contributed by atoms with van der Waals surface area (Å²) in [6.45, 7) is 0. The van der Waals surface area contributed by atoms with Crippen molar-refractivity contribution in [2.75, 3.05) is 5.32 Å². The van der Waals surface area contributed by atoms with Gasteiger partial charge in [0.2, 0.25) is 0 Å². The predicted octanol–water partition coefficient (Wildman–Crippen LogP) is 4.23. The zero-order valence-electron chi connectivity index (χ0n) is 16.8. The zero-order chi connectivity index (χ0) is 21.9. The molecule has 2 aromatic heterocycles. The quantitative estimate of drug-likeness (QED) is 0.489. The summed E-state index contributed by atoms with van der Waals surface area (Å²) in [5.74, 6) is 5.83. The summed E-state index contributed by atoms with van der Waals surface area (Å²) in [5.41, 5.74) is 3.54. The van der Waals surface area contributed by atoms with Gasteiger partial charge in [0.1, 0.15) is 11.5 Å². The molecule has 0 spiro atoms. The van der Waals surface area contributed by atoms with Crippen LogP contribution in [-0.2, 0) is 0 Å². The van der Waals surface area contributed by atoms with E-state index in [0.717, 1.165) is 16.8 Å². The maximum atomic E-state index is 13.2. The Morgan fingerprint density at radius 2 is 1.97 bits per heavy atom. The molecule has 2 aromatic carbocycles. The number of rotatable bonds is 2. The summed E-state index contributed by atoms with van der Waals surface area (Å²) < 4.78 is 14.9. The Kier molecular flexibility index (Phi) is 5.06. The first-order chi connectivity index (χ1) is 15.7. The number of urea groups is 1. The molecule has 0 unspecified atom stereocenters. The van der Waals surface area contributed by atoms with Crippen LogP contribution in [0.15, 0.2) is 78.2 Å². The van der Waals surface area contributed by atoms with Gasteiger partial charge in [-0.2, -0.15) is 10.2 Å². The molecule has 32 heavy (non-hydrogen) atoms. The van der Waals surface area contributed by atoms with E-state index < -0.39 is 0 Å². The van der Waals surface area contributed by atoms with Gasteiger partial charge in [0.25, 0.3) is 0 Å². The number of aromatic nitrogens is 3. The van der Waals surface area contributed by atoms with Crippen LogP contribution in [0.1, 0.15) is 29.3 Å². The average molecular weight is 424 g/mol. The third-order valence-corrected chi connectivity index (χ3v) is 5.02. The molecule has 1 aliphatic heterocycles. The zero-order valence-corrected chi connectivity index (χ0v) is 16.8. The highest BCUT2D eigenvalue weighted by Gasteiger charge is 2.28. The molecule has 3 heterocycles. The van der Waals surface area contributed by atoms with E-state index >= 15 is 0 Å². The van der Waals surface area contributed by atoms with Gasteiger partial charge in [0, 0.05) is 30.1 Å². The molecule has 8 heteroatoms. The SMILES string of the molecule is O=C(Nc1cccc(C#Cc2cnc3cccnn23)c1)N1N=CC[C@@H]1c1ccc(F)cc1. The third kappa shape index (κ3) is 3.91. The Balaban J connectivity index is 1.32. The minimum Gasteiger partial charge on any atom is -0.306 e. The van der Waals surface area contributed by atoms with Gasteiger partial charge < -0.3 is 5.32 Å². The topological polar surface area (TPSA) is 74.9 Å². The number of imidazole rings is 1. The van der Waals surface area contributed by atoms with E-state index in [1.807, 2.05) is 24.3 Å². The van der Waals surface area contributed by atoms with Crippen LogP contribution in [0.5, 0.6) is 0 Å². The van der Waals surface area contributed by atoms with Crippen LogP contribution < -0.4 is 5.32 Å². The lowest BCUT2D eigenvalue weighted by Crippen LogP contribution is -2.31. The van der Waals surface area contributed by atoms with Crippen molar-refractivity contribution in [1.29, 1.82) is 0 Å². The number of hydrogen-bond donors (Lipinski definition) is 1. The Morgan fingerprint density at radius 3 is 2.84 bits per heavy atom. The average Bonchev–Trinajstić information content (AvgIpc) is 3.46. The van der Waals surface area contributed by atoms with E-state index in [0.29, 0.717) is 17.8 Å². The molecule has 0 saturated heterocycles. The van der Waals surface area contributed by atoms with E-state index in [4.69, 9.17) is 0 Å². The molecule has 1 N–H and O–H groups in total. The monoisotopic (exact) mass is 424 g/mol. The maximum Gasteiger partial charge on any atom is 0.342 e. The summed E-state index contributed by atoms with van der Waals surface area (Å²) >= 11 is 0. The van der Waals surface area contributed by atoms with Gasteiger partial charge in [0.15, 0.2) is 5.65 Å². The fraction of sp³-hybridized carbons (Fsp3) is 0.0833. The molecular weight excluding hydrogens is 407 g/mol. The number of anilines is 1. The summed E-state index contributed by atoms with van der Waals surface area (Å²) in [6, 6.07) is 16.4. The van der Waals surface area contributed by atoms with Gasteiger partial charge in [-0.05, 0) is 53.9 Å². The molecule has 2 amide bonds. The number of nitrogens with one attached hydrogen (secondary N) is 1. The van der Waals surface area contributed by atoms with Crippen molar-refractivity contribution in [3.63, 3.8) is 0 Å². The Labute approximate surface area is 183 Å². The second-order valence-corrected chi connectivity index (χ2v) is 7.14. The van der Waals surface area contributed by atoms with Crippen molar-refractivity contribution in [3.05, 3.63) is 95.7 Å². The van der Waals surface area contributed by atoms with Gasteiger partial charge in [-0.1, -0.05) is 24.1 Å². The first kappa shape index (κ1) is 19.5. The molecule has 0 saturated carbocycles. The van der Waals surface area contributed by atoms with Crippen LogP contribution in [0.2, 0.25) is 0 Å². The highest BCUT2D eigenvalue weighted by molar-refractivity contribution is 5.91. The number of benzene rings is 2. The summed E-state index contributed by atoms with van der Waals surface area (Å²) in [6.07, 6.45) is 5.59. The number of hydrogen-bond acceptors (Lipinski definition) is 4. The predicted molar refractivity (Wildman–Crippen MR) is 119 cm³/mol. The lowest BCUT2D eigenvalue weighted by atomic mass is 10.0. The van der Waals surface area contributed by atoms with Crippen molar-refractivity contribution in [2.45, 2.75) is 12.5 Å². The summed E-state index contributed by atoms with van der Waals surface area (Å²) in [4.78, 5) is 17.1. The Bertz CT molecular complexity index is 1380. The van der Waals surface area contributed by atoms with Crippen LogP contribution in [0.3, 0.4) is 0 Å². The second kappa shape index (κ2) is 8.32. The van der Waals surface area contributed by atoms with E-state index in [9.17, 15) is 9.18 Å². The fourth-order valence-corrected chi connectivity index (χ4v) is 3.48. The fourth-order valence-electron chi connectivity index (χ4n) is 3.48. The van der Waals surface area contributed by atoms with Crippen LogP contribution >= 0.6 is 0 Å². The van der Waals surface area contributed by atoms with Crippen LogP contribution in [-0.4, -0.2) is 31.9 Å². The van der Waals surface area contributed by atoms with Gasteiger partial charge in [-0.3, -0.25) is 0 Å². The number of fused-ring (bicyclic) bond motifs is 1. The molecule has 4 aromatic rings. The largest absolute Gasteiger partial charge is 0.342 e. The molecule has 7 nitrogen and oxygen atoms in total. The summed E-state index contributed by atoms with van der Waals surface area (Å²) in [5, 5.41) is 12.7. The first-order valence-corrected chi connectivity index (χ1v) is 9.96. The normalized spacial score (nSPS) is 14.9. The van der Waals surface area contributed by atoms with Crippen molar-refractivity contribution in [1.82, 2.24) is 19.6 Å². The maximum absolute atomic E-state index is 13.2.